The van der Waals surface area contributed by atoms with Crippen molar-refractivity contribution in [3.05, 3.63) is 40.4 Å². The molecule has 0 aromatic heterocycles. The van der Waals surface area contributed by atoms with Gasteiger partial charge in [0.1, 0.15) is 12.4 Å². The van der Waals surface area contributed by atoms with Crippen molar-refractivity contribution in [3.8, 4) is 5.75 Å². The minimum atomic E-state index is -0.348. The molecule has 1 aromatic carbocycles. The lowest BCUT2D eigenvalue weighted by Gasteiger charge is -2.06. The molecule has 3 nitrogen and oxygen atoms in total. The van der Waals surface area contributed by atoms with Gasteiger partial charge in [-0.2, -0.15) is 0 Å². The molecule has 0 amide bonds. The normalized spacial score (nSPS) is 10.5. The summed E-state index contributed by atoms with van der Waals surface area (Å²) in [6, 6.07) is 5.83. The molecule has 0 N–H and O–H groups in total. The summed E-state index contributed by atoms with van der Waals surface area (Å²) in [6.07, 6.45) is 3.00. The zero-order valence-electron chi connectivity index (χ0n) is 9.90. The van der Waals surface area contributed by atoms with Crippen LogP contribution in [-0.4, -0.2) is 19.2 Å². The Morgan fingerprint density at radius 1 is 1.47 bits per heavy atom. The van der Waals surface area contributed by atoms with Gasteiger partial charge in [0, 0.05) is 6.08 Å². The number of hydrogen-bond donors (Lipinski definition) is 0. The van der Waals surface area contributed by atoms with Gasteiger partial charge in [-0.05, 0) is 53.5 Å². The molecule has 0 aliphatic rings. The molecule has 1 aromatic rings. The second kappa shape index (κ2) is 7.12. The third kappa shape index (κ3) is 5.04. The summed E-state index contributed by atoms with van der Waals surface area (Å²) in [4.78, 5) is 11.0. The van der Waals surface area contributed by atoms with Gasteiger partial charge in [-0.3, -0.25) is 0 Å². The molecule has 0 aliphatic carbocycles. The van der Waals surface area contributed by atoms with E-state index in [-0.39, 0.29) is 5.97 Å². The van der Waals surface area contributed by atoms with Crippen LogP contribution in [0, 0.1) is 6.92 Å². The van der Waals surface area contributed by atoms with E-state index in [9.17, 15) is 4.79 Å². The van der Waals surface area contributed by atoms with Crippen LogP contribution >= 0.6 is 15.9 Å². The zero-order chi connectivity index (χ0) is 12.7. The van der Waals surface area contributed by atoms with E-state index in [1.54, 1.807) is 13.0 Å². The quantitative estimate of drug-likeness (QED) is 0.618. The van der Waals surface area contributed by atoms with Gasteiger partial charge >= 0.3 is 5.97 Å². The maximum atomic E-state index is 11.0. The molecule has 0 saturated carbocycles. The third-order valence-electron chi connectivity index (χ3n) is 1.96. The molecule has 0 heterocycles. The van der Waals surface area contributed by atoms with E-state index < -0.39 is 0 Å². The largest absolute Gasteiger partial charge is 0.488 e. The fraction of sp³-hybridized carbons (Fsp3) is 0.308. The molecule has 0 fully saturated rings. The average molecular weight is 299 g/mol. The first-order valence-corrected chi connectivity index (χ1v) is 6.15. The summed E-state index contributed by atoms with van der Waals surface area (Å²) in [5.41, 5.74) is 1.16. The topological polar surface area (TPSA) is 35.5 Å². The number of benzene rings is 1. The lowest BCUT2D eigenvalue weighted by Crippen LogP contribution is -2.01. The first-order valence-electron chi connectivity index (χ1n) is 5.35. The Morgan fingerprint density at radius 3 is 2.88 bits per heavy atom. The summed E-state index contributed by atoms with van der Waals surface area (Å²) < 4.78 is 11.1. The van der Waals surface area contributed by atoms with Gasteiger partial charge in [0.2, 0.25) is 0 Å². The highest BCUT2D eigenvalue weighted by Gasteiger charge is 1.99. The van der Waals surface area contributed by atoms with Gasteiger partial charge in [0.05, 0.1) is 11.1 Å². The molecule has 17 heavy (non-hydrogen) atoms. The van der Waals surface area contributed by atoms with Crippen molar-refractivity contribution in [1.29, 1.82) is 0 Å². The molecule has 0 aliphatic heterocycles. The highest BCUT2D eigenvalue weighted by molar-refractivity contribution is 9.10. The van der Waals surface area contributed by atoms with Crippen LogP contribution in [0.25, 0.3) is 0 Å². The van der Waals surface area contributed by atoms with Crippen molar-refractivity contribution in [1.82, 2.24) is 0 Å². The summed E-state index contributed by atoms with van der Waals surface area (Å²) in [5, 5.41) is 0. The first-order chi connectivity index (χ1) is 8.13. The van der Waals surface area contributed by atoms with Crippen LogP contribution in [0.1, 0.15) is 12.5 Å². The van der Waals surface area contributed by atoms with Crippen LogP contribution in [0.5, 0.6) is 5.75 Å². The summed E-state index contributed by atoms with van der Waals surface area (Å²) >= 11 is 3.41. The minimum Gasteiger partial charge on any atom is -0.488 e. The SMILES string of the molecule is CCOC(=O)/C=C/COc1ccc(C)cc1Br. The fourth-order valence-corrected chi connectivity index (χ4v) is 1.80. The van der Waals surface area contributed by atoms with Crippen LogP contribution in [0.2, 0.25) is 0 Å². The maximum absolute atomic E-state index is 11.0. The molecule has 0 bridgehead atoms. The van der Waals surface area contributed by atoms with Gasteiger partial charge in [-0.25, -0.2) is 4.79 Å². The average Bonchev–Trinajstić information content (AvgIpc) is 2.27. The van der Waals surface area contributed by atoms with E-state index in [1.165, 1.54) is 6.08 Å². The van der Waals surface area contributed by atoms with Gasteiger partial charge in [0.25, 0.3) is 0 Å². The number of carbonyl (C=O) groups excluding carboxylic acids is 1. The Morgan fingerprint density at radius 2 is 2.24 bits per heavy atom. The van der Waals surface area contributed by atoms with E-state index in [0.717, 1.165) is 15.8 Å². The number of ether oxygens (including phenoxy) is 2. The zero-order valence-corrected chi connectivity index (χ0v) is 11.5. The minimum absolute atomic E-state index is 0.334. The molecule has 92 valence electrons. The standard InChI is InChI=1S/C13H15BrO3/c1-3-16-13(15)5-4-8-17-12-7-6-10(2)9-11(12)14/h4-7,9H,3,8H2,1-2H3/b5-4+. The van der Waals surface area contributed by atoms with Crippen molar-refractivity contribution in [2.45, 2.75) is 13.8 Å². The fourth-order valence-electron chi connectivity index (χ4n) is 1.20. The lowest BCUT2D eigenvalue weighted by atomic mass is 10.2. The van der Waals surface area contributed by atoms with Crippen molar-refractivity contribution >= 4 is 21.9 Å². The molecule has 0 saturated heterocycles. The van der Waals surface area contributed by atoms with Crippen LogP contribution in [-0.2, 0) is 9.53 Å². The van der Waals surface area contributed by atoms with Crippen LogP contribution in [0.15, 0.2) is 34.8 Å². The Balaban J connectivity index is 2.43. The van der Waals surface area contributed by atoms with Gasteiger partial charge in [-0.15, -0.1) is 0 Å². The van der Waals surface area contributed by atoms with Crippen LogP contribution < -0.4 is 4.74 Å². The predicted octanol–water partition coefficient (Wildman–Crippen LogP) is 3.26. The number of hydrogen-bond acceptors (Lipinski definition) is 3. The van der Waals surface area contributed by atoms with Crippen molar-refractivity contribution in [3.63, 3.8) is 0 Å². The van der Waals surface area contributed by atoms with Crippen LogP contribution in [0.4, 0.5) is 0 Å². The predicted molar refractivity (Wildman–Crippen MR) is 70.1 cm³/mol. The Hall–Kier alpha value is -1.29. The highest BCUT2D eigenvalue weighted by atomic mass is 79.9. The lowest BCUT2D eigenvalue weighted by molar-refractivity contribution is -0.137. The molecule has 0 radical (unpaired) electrons. The Bertz CT molecular complexity index is 413. The second-order valence-electron chi connectivity index (χ2n) is 3.40. The third-order valence-corrected chi connectivity index (χ3v) is 2.58. The molecule has 0 unspecified atom stereocenters. The van der Waals surface area contributed by atoms with E-state index in [0.29, 0.717) is 13.2 Å². The highest BCUT2D eigenvalue weighted by Crippen LogP contribution is 2.25. The number of carbonyl (C=O) groups is 1. The number of esters is 1. The van der Waals surface area contributed by atoms with E-state index in [1.807, 2.05) is 25.1 Å². The second-order valence-corrected chi connectivity index (χ2v) is 4.25. The van der Waals surface area contributed by atoms with E-state index in [4.69, 9.17) is 9.47 Å². The van der Waals surface area contributed by atoms with Gasteiger partial charge < -0.3 is 9.47 Å². The monoisotopic (exact) mass is 298 g/mol. The maximum Gasteiger partial charge on any atom is 0.330 e. The van der Waals surface area contributed by atoms with Crippen LogP contribution in [0.3, 0.4) is 0 Å². The van der Waals surface area contributed by atoms with Gasteiger partial charge in [0.15, 0.2) is 0 Å². The molecular weight excluding hydrogens is 284 g/mol. The van der Waals surface area contributed by atoms with E-state index >= 15 is 0 Å². The smallest absolute Gasteiger partial charge is 0.330 e. The molecule has 1 rings (SSSR count). The Labute approximate surface area is 110 Å². The van der Waals surface area contributed by atoms with Crippen molar-refractivity contribution in [2.75, 3.05) is 13.2 Å². The number of rotatable bonds is 5. The molecule has 0 spiro atoms. The number of aryl methyl sites for hydroxylation is 1. The summed E-state index contributed by atoms with van der Waals surface area (Å²) in [6.45, 7) is 4.49. The van der Waals surface area contributed by atoms with E-state index in [2.05, 4.69) is 15.9 Å². The van der Waals surface area contributed by atoms with Gasteiger partial charge in [-0.1, -0.05) is 6.07 Å². The molecule has 4 heteroatoms. The van der Waals surface area contributed by atoms with Crippen molar-refractivity contribution in [2.24, 2.45) is 0 Å². The summed E-state index contributed by atoms with van der Waals surface area (Å²) in [5.74, 6) is 0.406. The molecule has 0 atom stereocenters. The van der Waals surface area contributed by atoms with Crippen molar-refractivity contribution < 1.29 is 14.3 Å². The Kier molecular flexibility index (Phi) is 5.77. The molecular formula is C13H15BrO3. The summed E-state index contributed by atoms with van der Waals surface area (Å²) in [7, 11) is 0. The number of halogens is 1. The first kappa shape index (κ1) is 13.8.